The molecule has 3 rings (SSSR count). The van der Waals surface area contributed by atoms with Crippen LogP contribution in [-0.4, -0.2) is 40.0 Å². The molecule has 172 valence electrons. The highest BCUT2D eigenvalue weighted by atomic mass is 28.3. The van der Waals surface area contributed by atoms with E-state index in [1.807, 2.05) is 36.4 Å². The Morgan fingerprint density at radius 1 is 0.697 bits per heavy atom. The number of hydrogen-bond donors (Lipinski definition) is 0. The molecule has 0 saturated carbocycles. The highest BCUT2D eigenvalue weighted by Gasteiger charge is 2.43. The van der Waals surface area contributed by atoms with Gasteiger partial charge in [-0.25, -0.2) is 0 Å². The van der Waals surface area contributed by atoms with Crippen LogP contribution in [0.2, 0.25) is 12.1 Å². The molecule has 1 heterocycles. The predicted octanol–water partition coefficient (Wildman–Crippen LogP) is 5.19. The van der Waals surface area contributed by atoms with Crippen molar-refractivity contribution in [1.82, 2.24) is 0 Å². The monoisotopic (exact) mass is 456 g/mol. The molecule has 1 aliphatic heterocycles. The van der Waals surface area contributed by atoms with Crippen LogP contribution in [0.3, 0.4) is 0 Å². The molecule has 0 amide bonds. The van der Waals surface area contributed by atoms with Gasteiger partial charge in [-0.1, -0.05) is 50.2 Å². The topological polar surface area (TPSA) is 23.6 Å². The van der Waals surface area contributed by atoms with Crippen LogP contribution >= 0.6 is 0 Å². The van der Waals surface area contributed by atoms with Gasteiger partial charge in [0, 0.05) is 48.7 Å². The molecule has 0 saturated heterocycles. The third kappa shape index (κ3) is 4.40. The fourth-order valence-electron chi connectivity index (χ4n) is 5.14. The van der Waals surface area contributed by atoms with Crippen molar-refractivity contribution >= 4 is 35.6 Å². The predicted molar refractivity (Wildman–Crippen MR) is 148 cm³/mol. The molecule has 0 bridgehead atoms. The van der Waals surface area contributed by atoms with Crippen LogP contribution in [0, 0.1) is 0 Å². The standard InChI is InChI=1S/C29H36N2OSi/c1-7-17-30(18-8-2)23-13-15-25-27(21-23)33(11-5,12-6)28-22-24(14-16-26(28)29(25)32)31(19-9-3)20-10-4/h7-10,13-16,21-22H,1-4,11-12,17-20H2,5-6H3. The quantitative estimate of drug-likeness (QED) is 0.324. The van der Waals surface area contributed by atoms with E-state index in [0.717, 1.165) is 60.8 Å². The van der Waals surface area contributed by atoms with Crippen LogP contribution in [0.25, 0.3) is 0 Å². The third-order valence-electron chi connectivity index (χ3n) is 6.86. The zero-order chi connectivity index (χ0) is 24.0. The summed E-state index contributed by atoms with van der Waals surface area (Å²) in [6, 6.07) is 14.9. The summed E-state index contributed by atoms with van der Waals surface area (Å²) in [5.41, 5.74) is 4.00. The number of anilines is 2. The molecular weight excluding hydrogens is 420 g/mol. The van der Waals surface area contributed by atoms with Crippen LogP contribution in [-0.2, 0) is 0 Å². The highest BCUT2D eigenvalue weighted by molar-refractivity contribution is 7.04. The van der Waals surface area contributed by atoms with Crippen LogP contribution < -0.4 is 20.2 Å². The van der Waals surface area contributed by atoms with Gasteiger partial charge in [0.25, 0.3) is 0 Å². The number of carbonyl (C=O) groups is 1. The molecule has 0 N–H and O–H groups in total. The highest BCUT2D eigenvalue weighted by Crippen LogP contribution is 2.30. The maximum atomic E-state index is 13.6. The SMILES string of the molecule is C=CCN(CC=C)c1ccc2c(c1)[Si](CC)(CC)c1cc(N(CC=C)CC=C)ccc1C2=O. The van der Waals surface area contributed by atoms with Gasteiger partial charge in [-0.3, -0.25) is 4.79 Å². The molecule has 33 heavy (non-hydrogen) atoms. The maximum Gasteiger partial charge on any atom is 0.192 e. The Labute approximate surface area is 200 Å². The first-order valence-electron chi connectivity index (χ1n) is 11.8. The molecule has 0 fully saturated rings. The van der Waals surface area contributed by atoms with Gasteiger partial charge in [0.15, 0.2) is 5.78 Å². The number of hydrogen-bond acceptors (Lipinski definition) is 3. The number of fused-ring (bicyclic) bond motifs is 2. The summed E-state index contributed by atoms with van der Waals surface area (Å²) < 4.78 is 0. The largest absolute Gasteiger partial charge is 0.364 e. The molecule has 0 aromatic heterocycles. The normalized spacial score (nSPS) is 13.5. The number of ketones is 1. The second-order valence-corrected chi connectivity index (χ2v) is 13.2. The molecule has 3 nitrogen and oxygen atoms in total. The summed E-state index contributed by atoms with van der Waals surface area (Å²) in [5, 5.41) is 2.52. The van der Waals surface area contributed by atoms with Crippen molar-refractivity contribution in [3.05, 3.63) is 98.1 Å². The fourth-order valence-corrected chi connectivity index (χ4v) is 9.73. The van der Waals surface area contributed by atoms with Crippen LogP contribution in [0.5, 0.6) is 0 Å². The zero-order valence-electron chi connectivity index (χ0n) is 20.1. The first-order valence-corrected chi connectivity index (χ1v) is 14.2. The second-order valence-electron chi connectivity index (χ2n) is 8.54. The second kappa shape index (κ2) is 10.7. The third-order valence-corrected chi connectivity index (χ3v) is 12.2. The van der Waals surface area contributed by atoms with E-state index in [2.05, 4.69) is 74.2 Å². The van der Waals surface area contributed by atoms with Gasteiger partial charge in [0.2, 0.25) is 0 Å². The number of carbonyl (C=O) groups excluding carboxylic acids is 1. The first kappa shape index (κ1) is 24.5. The Kier molecular flexibility index (Phi) is 7.93. The van der Waals surface area contributed by atoms with Crippen molar-refractivity contribution in [2.75, 3.05) is 36.0 Å². The Hall–Kier alpha value is -3.11. The van der Waals surface area contributed by atoms with Gasteiger partial charge in [-0.15, -0.1) is 26.3 Å². The average Bonchev–Trinajstić information content (AvgIpc) is 2.84. The minimum atomic E-state index is -2.14. The first-order chi connectivity index (χ1) is 16.0. The Balaban J connectivity index is 2.22. The fraction of sp³-hybridized carbons (Fsp3) is 0.276. The van der Waals surface area contributed by atoms with E-state index in [-0.39, 0.29) is 5.78 Å². The Bertz CT molecular complexity index is 968. The summed E-state index contributed by atoms with van der Waals surface area (Å²) in [4.78, 5) is 18.1. The molecule has 0 unspecified atom stereocenters. The lowest BCUT2D eigenvalue weighted by Crippen LogP contribution is -2.63. The molecule has 2 aromatic carbocycles. The zero-order valence-corrected chi connectivity index (χ0v) is 21.1. The average molecular weight is 457 g/mol. The lowest BCUT2D eigenvalue weighted by molar-refractivity contribution is 0.104. The van der Waals surface area contributed by atoms with Gasteiger partial charge in [-0.2, -0.15) is 0 Å². The van der Waals surface area contributed by atoms with Crippen molar-refractivity contribution in [1.29, 1.82) is 0 Å². The summed E-state index contributed by atoms with van der Waals surface area (Å²) in [5.74, 6) is 0.140. The van der Waals surface area contributed by atoms with Crippen molar-refractivity contribution in [2.24, 2.45) is 0 Å². The van der Waals surface area contributed by atoms with Crippen molar-refractivity contribution < 1.29 is 4.79 Å². The van der Waals surface area contributed by atoms with Crippen molar-refractivity contribution in [2.45, 2.75) is 25.9 Å². The van der Waals surface area contributed by atoms with Crippen molar-refractivity contribution in [3.8, 4) is 0 Å². The van der Waals surface area contributed by atoms with E-state index >= 15 is 0 Å². The van der Waals surface area contributed by atoms with Crippen LogP contribution in [0.4, 0.5) is 11.4 Å². The smallest absolute Gasteiger partial charge is 0.192 e. The lowest BCUT2D eigenvalue weighted by atomic mass is 10.0. The van der Waals surface area contributed by atoms with Crippen molar-refractivity contribution in [3.63, 3.8) is 0 Å². The van der Waals surface area contributed by atoms with Gasteiger partial charge < -0.3 is 9.80 Å². The van der Waals surface area contributed by atoms with Gasteiger partial charge in [-0.05, 0) is 46.8 Å². The number of nitrogens with zero attached hydrogens (tertiary/aromatic N) is 2. The number of rotatable bonds is 12. The van der Waals surface area contributed by atoms with E-state index in [1.54, 1.807) is 0 Å². The molecule has 0 radical (unpaired) electrons. The van der Waals surface area contributed by atoms with Crippen LogP contribution in [0.1, 0.15) is 29.8 Å². The minimum Gasteiger partial charge on any atom is -0.364 e. The summed E-state index contributed by atoms with van der Waals surface area (Å²) in [7, 11) is -2.14. The summed E-state index contributed by atoms with van der Waals surface area (Å²) in [6.45, 7) is 23.2. The molecule has 0 aliphatic carbocycles. The molecule has 0 spiro atoms. The molecule has 2 aromatic rings. The van der Waals surface area contributed by atoms with Crippen LogP contribution in [0.15, 0.2) is 87.0 Å². The Morgan fingerprint density at radius 3 is 1.36 bits per heavy atom. The van der Waals surface area contributed by atoms with E-state index in [9.17, 15) is 4.79 Å². The number of benzene rings is 2. The maximum absolute atomic E-state index is 13.6. The Morgan fingerprint density at radius 2 is 1.06 bits per heavy atom. The van der Waals surface area contributed by atoms with Gasteiger partial charge >= 0.3 is 0 Å². The lowest BCUT2D eigenvalue weighted by Gasteiger charge is -2.39. The van der Waals surface area contributed by atoms with Gasteiger partial charge in [0.1, 0.15) is 8.07 Å². The molecular formula is C29H36N2OSi. The van der Waals surface area contributed by atoms with Gasteiger partial charge in [0.05, 0.1) is 0 Å². The van der Waals surface area contributed by atoms with E-state index in [0.29, 0.717) is 0 Å². The molecule has 1 aliphatic rings. The molecule has 0 atom stereocenters. The van der Waals surface area contributed by atoms with E-state index in [4.69, 9.17) is 0 Å². The minimum absolute atomic E-state index is 0.140. The summed E-state index contributed by atoms with van der Waals surface area (Å²) >= 11 is 0. The summed E-state index contributed by atoms with van der Waals surface area (Å²) in [6.07, 6.45) is 7.64. The van der Waals surface area contributed by atoms with E-state index < -0.39 is 8.07 Å². The van der Waals surface area contributed by atoms with E-state index in [1.165, 1.54) is 10.4 Å². The molecule has 4 heteroatoms.